The number of benzene rings is 2. The van der Waals surface area contributed by atoms with Gasteiger partial charge in [-0.25, -0.2) is 0 Å². The van der Waals surface area contributed by atoms with Crippen molar-refractivity contribution in [1.82, 2.24) is 0 Å². The molecule has 1 aliphatic rings. The number of nitrogens with one attached hydrogen (secondary N) is 2. The van der Waals surface area contributed by atoms with E-state index in [-0.39, 0.29) is 17.5 Å². The number of rotatable bonds is 4. The molecule has 2 N–H and O–H groups in total. The van der Waals surface area contributed by atoms with Crippen LogP contribution in [-0.2, 0) is 9.59 Å². The molecule has 0 radical (unpaired) electrons. The van der Waals surface area contributed by atoms with Gasteiger partial charge in [0.15, 0.2) is 5.11 Å². The SMILES string of the molecule is O=C1CCCC(=O)N1c1ccc(NC(=S)Nc2ccc([N+](=O)[O-])cc2)cc1. The van der Waals surface area contributed by atoms with E-state index in [0.29, 0.717) is 41.4 Å². The summed E-state index contributed by atoms with van der Waals surface area (Å²) in [5.74, 6) is -0.385. The van der Waals surface area contributed by atoms with E-state index in [2.05, 4.69) is 10.6 Å². The van der Waals surface area contributed by atoms with Crippen molar-refractivity contribution in [3.63, 3.8) is 0 Å². The van der Waals surface area contributed by atoms with Gasteiger partial charge in [0.05, 0.1) is 10.6 Å². The van der Waals surface area contributed by atoms with Gasteiger partial charge >= 0.3 is 0 Å². The van der Waals surface area contributed by atoms with Crippen LogP contribution in [-0.4, -0.2) is 21.9 Å². The zero-order valence-electron chi connectivity index (χ0n) is 14.2. The molecule has 0 aromatic heterocycles. The van der Waals surface area contributed by atoms with Gasteiger partial charge in [0, 0.05) is 36.3 Å². The van der Waals surface area contributed by atoms with Gasteiger partial charge in [0.1, 0.15) is 0 Å². The number of amides is 2. The van der Waals surface area contributed by atoms with Crippen molar-refractivity contribution in [3.8, 4) is 0 Å². The van der Waals surface area contributed by atoms with Crippen molar-refractivity contribution < 1.29 is 14.5 Å². The van der Waals surface area contributed by atoms with Gasteiger partial charge in [-0.2, -0.15) is 0 Å². The summed E-state index contributed by atoms with van der Waals surface area (Å²) >= 11 is 5.22. The number of piperidine rings is 1. The minimum Gasteiger partial charge on any atom is -0.332 e. The molecule has 0 bridgehead atoms. The van der Waals surface area contributed by atoms with Gasteiger partial charge < -0.3 is 10.6 Å². The Morgan fingerprint density at radius 2 is 1.41 bits per heavy atom. The van der Waals surface area contributed by atoms with E-state index < -0.39 is 4.92 Å². The maximum absolute atomic E-state index is 12.0. The van der Waals surface area contributed by atoms with E-state index in [9.17, 15) is 19.7 Å². The van der Waals surface area contributed by atoms with Crippen LogP contribution in [0.2, 0.25) is 0 Å². The second-order valence-corrected chi connectivity index (χ2v) is 6.31. The molecule has 1 fully saturated rings. The topological polar surface area (TPSA) is 105 Å². The Kier molecular flexibility index (Phi) is 5.41. The first-order chi connectivity index (χ1) is 12.9. The number of non-ortho nitro benzene ring substituents is 1. The lowest BCUT2D eigenvalue weighted by Gasteiger charge is -2.25. The summed E-state index contributed by atoms with van der Waals surface area (Å²) in [5.41, 5.74) is 1.82. The molecule has 2 amide bonds. The number of nitrogens with zero attached hydrogens (tertiary/aromatic N) is 2. The van der Waals surface area contributed by atoms with Gasteiger partial charge in [-0.15, -0.1) is 0 Å². The summed E-state index contributed by atoms with van der Waals surface area (Å²) in [6.07, 6.45) is 1.33. The molecular weight excluding hydrogens is 368 g/mol. The molecule has 2 aromatic carbocycles. The second kappa shape index (κ2) is 7.92. The van der Waals surface area contributed by atoms with Crippen LogP contribution in [0.25, 0.3) is 0 Å². The van der Waals surface area contributed by atoms with Crippen LogP contribution in [0.5, 0.6) is 0 Å². The second-order valence-electron chi connectivity index (χ2n) is 5.91. The number of nitro benzene ring substituents is 1. The molecule has 8 nitrogen and oxygen atoms in total. The minimum absolute atomic E-state index is 0.00294. The molecule has 1 saturated heterocycles. The molecular formula is C18H16N4O4S. The highest BCUT2D eigenvalue weighted by Gasteiger charge is 2.27. The zero-order valence-corrected chi connectivity index (χ0v) is 15.0. The monoisotopic (exact) mass is 384 g/mol. The fraction of sp³-hybridized carbons (Fsp3) is 0.167. The maximum atomic E-state index is 12.0. The molecule has 138 valence electrons. The summed E-state index contributed by atoms with van der Waals surface area (Å²) in [5, 5.41) is 16.9. The number of hydrogen-bond acceptors (Lipinski definition) is 5. The van der Waals surface area contributed by atoms with Gasteiger partial charge in [0.2, 0.25) is 11.8 Å². The van der Waals surface area contributed by atoms with Gasteiger partial charge in [-0.1, -0.05) is 0 Å². The van der Waals surface area contributed by atoms with Crippen molar-refractivity contribution in [2.75, 3.05) is 15.5 Å². The van der Waals surface area contributed by atoms with Crippen molar-refractivity contribution in [2.45, 2.75) is 19.3 Å². The molecule has 0 spiro atoms. The number of hydrogen-bond donors (Lipinski definition) is 2. The number of thiocarbonyl (C=S) groups is 1. The van der Waals surface area contributed by atoms with Gasteiger partial charge in [-0.3, -0.25) is 24.6 Å². The van der Waals surface area contributed by atoms with Crippen LogP contribution in [0.15, 0.2) is 48.5 Å². The lowest BCUT2D eigenvalue weighted by Crippen LogP contribution is -2.40. The third kappa shape index (κ3) is 4.45. The normalized spacial score (nSPS) is 14.0. The molecule has 27 heavy (non-hydrogen) atoms. The fourth-order valence-corrected chi connectivity index (χ4v) is 2.93. The van der Waals surface area contributed by atoms with E-state index in [4.69, 9.17) is 12.2 Å². The Labute approximate surface area is 160 Å². The van der Waals surface area contributed by atoms with Crippen molar-refractivity contribution >= 4 is 51.9 Å². The van der Waals surface area contributed by atoms with Gasteiger partial charge in [-0.05, 0) is 55.0 Å². The highest BCUT2D eigenvalue weighted by atomic mass is 32.1. The van der Waals surface area contributed by atoms with Crippen molar-refractivity contribution in [1.29, 1.82) is 0 Å². The van der Waals surface area contributed by atoms with Crippen LogP contribution in [0.1, 0.15) is 19.3 Å². The predicted molar refractivity (Wildman–Crippen MR) is 106 cm³/mol. The highest BCUT2D eigenvalue weighted by Crippen LogP contribution is 2.24. The average Bonchev–Trinajstić information content (AvgIpc) is 2.63. The summed E-state index contributed by atoms with van der Waals surface area (Å²) in [7, 11) is 0. The largest absolute Gasteiger partial charge is 0.332 e. The molecule has 0 unspecified atom stereocenters. The maximum Gasteiger partial charge on any atom is 0.269 e. The van der Waals surface area contributed by atoms with Crippen LogP contribution in [0, 0.1) is 10.1 Å². The Bertz CT molecular complexity index is 881. The Hall–Kier alpha value is -3.33. The number of imide groups is 1. The Morgan fingerprint density at radius 3 is 1.89 bits per heavy atom. The average molecular weight is 384 g/mol. The van der Waals surface area contributed by atoms with Gasteiger partial charge in [0.25, 0.3) is 5.69 Å². The molecule has 3 rings (SSSR count). The smallest absolute Gasteiger partial charge is 0.269 e. The molecule has 0 saturated carbocycles. The number of carbonyl (C=O) groups is 2. The summed E-state index contributed by atoms with van der Waals surface area (Å²) in [6.45, 7) is 0. The van der Waals surface area contributed by atoms with E-state index >= 15 is 0 Å². The van der Waals surface area contributed by atoms with Crippen LogP contribution in [0.4, 0.5) is 22.7 Å². The van der Waals surface area contributed by atoms with E-state index in [0.717, 1.165) is 0 Å². The Morgan fingerprint density at radius 1 is 0.926 bits per heavy atom. The summed E-state index contributed by atoms with van der Waals surface area (Å²) in [4.78, 5) is 35.3. The molecule has 2 aromatic rings. The molecule has 9 heteroatoms. The third-order valence-electron chi connectivity index (χ3n) is 4.00. The molecule has 1 heterocycles. The van der Waals surface area contributed by atoms with E-state index in [1.807, 2.05) is 0 Å². The van der Waals surface area contributed by atoms with E-state index in [1.54, 1.807) is 36.4 Å². The predicted octanol–water partition coefficient (Wildman–Crippen LogP) is 3.45. The molecule has 0 atom stereocenters. The van der Waals surface area contributed by atoms with E-state index in [1.165, 1.54) is 17.0 Å². The summed E-state index contributed by atoms with van der Waals surface area (Å²) < 4.78 is 0. The Balaban J connectivity index is 1.62. The lowest BCUT2D eigenvalue weighted by atomic mass is 10.1. The molecule has 0 aliphatic carbocycles. The number of carbonyl (C=O) groups excluding carboxylic acids is 2. The first-order valence-corrected chi connectivity index (χ1v) is 8.63. The van der Waals surface area contributed by atoms with Crippen LogP contribution >= 0.6 is 12.2 Å². The van der Waals surface area contributed by atoms with Crippen molar-refractivity contribution in [2.24, 2.45) is 0 Å². The fourth-order valence-electron chi connectivity index (χ4n) is 2.70. The van der Waals surface area contributed by atoms with Crippen LogP contribution in [0.3, 0.4) is 0 Å². The standard InChI is InChI=1S/C18H16N4O4S/c23-16-2-1-3-17(24)21(16)14-8-4-12(5-9-14)19-18(27)20-13-6-10-15(11-7-13)22(25)26/h4-11H,1-3H2,(H2,19,20,27). The minimum atomic E-state index is -0.472. The first-order valence-electron chi connectivity index (χ1n) is 8.22. The summed E-state index contributed by atoms with van der Waals surface area (Å²) in [6, 6.07) is 12.7. The number of anilines is 3. The first kappa shape index (κ1) is 18.5. The zero-order chi connectivity index (χ0) is 19.4. The third-order valence-corrected chi connectivity index (χ3v) is 4.20. The quantitative estimate of drug-likeness (QED) is 0.360. The van der Waals surface area contributed by atoms with Crippen molar-refractivity contribution in [3.05, 3.63) is 58.6 Å². The molecule has 1 aliphatic heterocycles. The number of nitro groups is 1. The lowest BCUT2D eigenvalue weighted by molar-refractivity contribution is -0.384. The highest BCUT2D eigenvalue weighted by molar-refractivity contribution is 7.80. The van der Waals surface area contributed by atoms with Crippen LogP contribution < -0.4 is 15.5 Å².